The summed E-state index contributed by atoms with van der Waals surface area (Å²) in [6.07, 6.45) is 3.21. The molecule has 0 radical (unpaired) electrons. The second-order valence-corrected chi connectivity index (χ2v) is 6.26. The Hall–Kier alpha value is -1.10. The number of halogens is 1. The zero-order chi connectivity index (χ0) is 16.1. The fourth-order valence-corrected chi connectivity index (χ4v) is 3.02. The smallest absolute Gasteiger partial charge is 0.251 e. The number of nitrogens with zero attached hydrogens (tertiary/aromatic N) is 1. The van der Waals surface area contributed by atoms with Gasteiger partial charge in [-0.1, -0.05) is 36.8 Å². The van der Waals surface area contributed by atoms with E-state index < -0.39 is 0 Å². The third-order valence-electron chi connectivity index (χ3n) is 4.60. The van der Waals surface area contributed by atoms with Gasteiger partial charge in [0.1, 0.15) is 6.10 Å². The molecule has 0 bridgehead atoms. The Morgan fingerprint density at radius 1 is 1.35 bits per heavy atom. The van der Waals surface area contributed by atoms with Gasteiger partial charge in [0.05, 0.1) is 6.10 Å². The highest BCUT2D eigenvalue weighted by molar-refractivity contribution is 5.85. The predicted octanol–water partition coefficient (Wildman–Crippen LogP) is 2.70. The van der Waals surface area contributed by atoms with Crippen LogP contribution in [0.1, 0.15) is 37.3 Å². The molecule has 0 saturated carbocycles. The first kappa shape index (κ1) is 19.9. The molecule has 1 aliphatic heterocycles. The highest BCUT2D eigenvalue weighted by Crippen LogP contribution is 2.22. The Labute approximate surface area is 145 Å². The molecule has 130 valence electrons. The minimum Gasteiger partial charge on any atom is -0.364 e. The van der Waals surface area contributed by atoms with Crippen LogP contribution in [0.2, 0.25) is 0 Å². The first-order valence-corrected chi connectivity index (χ1v) is 8.22. The highest BCUT2D eigenvalue weighted by Gasteiger charge is 2.33. The van der Waals surface area contributed by atoms with E-state index in [9.17, 15) is 4.79 Å². The summed E-state index contributed by atoms with van der Waals surface area (Å²) in [5, 5.41) is 0. The Morgan fingerprint density at radius 2 is 2.00 bits per heavy atom. The molecule has 0 aliphatic carbocycles. The van der Waals surface area contributed by atoms with Crippen molar-refractivity contribution in [3.63, 3.8) is 0 Å². The molecule has 1 fully saturated rings. The van der Waals surface area contributed by atoms with E-state index in [-0.39, 0.29) is 36.6 Å². The molecule has 0 aromatic heterocycles. The van der Waals surface area contributed by atoms with E-state index >= 15 is 0 Å². The maximum absolute atomic E-state index is 12.6. The Morgan fingerprint density at radius 3 is 2.52 bits per heavy atom. The van der Waals surface area contributed by atoms with Crippen LogP contribution in [0.15, 0.2) is 24.3 Å². The number of ether oxygens (including phenoxy) is 1. The lowest BCUT2D eigenvalue weighted by molar-refractivity contribution is -0.143. The van der Waals surface area contributed by atoms with Crippen LogP contribution in [-0.4, -0.2) is 42.6 Å². The molecule has 1 aromatic rings. The molecule has 5 heteroatoms. The molecule has 1 heterocycles. The van der Waals surface area contributed by atoms with E-state index in [1.165, 1.54) is 11.1 Å². The van der Waals surface area contributed by atoms with Crippen LogP contribution in [0.25, 0.3) is 0 Å². The van der Waals surface area contributed by atoms with Crippen molar-refractivity contribution in [1.82, 2.24) is 4.90 Å². The third-order valence-corrected chi connectivity index (χ3v) is 4.60. The summed E-state index contributed by atoms with van der Waals surface area (Å²) < 4.78 is 5.74. The summed E-state index contributed by atoms with van der Waals surface area (Å²) in [7, 11) is 1.89. The second kappa shape index (κ2) is 9.26. The second-order valence-electron chi connectivity index (χ2n) is 6.26. The van der Waals surface area contributed by atoms with Gasteiger partial charge in [-0.2, -0.15) is 0 Å². The molecule has 1 aliphatic rings. The molecule has 3 atom stereocenters. The Bertz CT molecular complexity index is 492. The predicted molar refractivity (Wildman–Crippen MR) is 95.9 cm³/mol. The number of aryl methyl sites for hydroxylation is 1. The number of hydrogen-bond acceptors (Lipinski definition) is 3. The molecule has 1 unspecified atom stereocenters. The average Bonchev–Trinajstić information content (AvgIpc) is 3.02. The van der Waals surface area contributed by atoms with Gasteiger partial charge in [-0.15, -0.1) is 12.4 Å². The van der Waals surface area contributed by atoms with Crippen molar-refractivity contribution in [1.29, 1.82) is 0 Å². The Kier molecular flexibility index (Phi) is 8.03. The molecule has 2 N–H and O–H groups in total. The number of hydrogen-bond donors (Lipinski definition) is 1. The van der Waals surface area contributed by atoms with Gasteiger partial charge in [0.25, 0.3) is 5.91 Å². The first-order chi connectivity index (χ1) is 10.5. The maximum Gasteiger partial charge on any atom is 0.251 e. The number of amides is 1. The molecular weight excluding hydrogens is 312 g/mol. The minimum atomic E-state index is -0.314. The number of likely N-dealkylation sites (N-methyl/N-ethyl adjacent to an activating group) is 1. The largest absolute Gasteiger partial charge is 0.364 e. The molecule has 0 spiro atoms. The standard InChI is InChI=1S/C18H28N2O2.ClH/c1-4-15(11-14-7-5-13(2)6-8-14)20(3)18(21)17-10-9-16(12-19)22-17;/h5-8,15-17H,4,9-12,19H2,1-3H3;1H/t15?,16-,17+;/m1./s1. The van der Waals surface area contributed by atoms with E-state index in [0.717, 1.165) is 25.7 Å². The first-order valence-electron chi connectivity index (χ1n) is 8.22. The number of benzene rings is 1. The van der Waals surface area contributed by atoms with Gasteiger partial charge >= 0.3 is 0 Å². The van der Waals surface area contributed by atoms with Gasteiger partial charge < -0.3 is 15.4 Å². The van der Waals surface area contributed by atoms with Crippen LogP contribution in [0.5, 0.6) is 0 Å². The van der Waals surface area contributed by atoms with Gasteiger partial charge in [-0.25, -0.2) is 0 Å². The topological polar surface area (TPSA) is 55.6 Å². The lowest BCUT2D eigenvalue weighted by Gasteiger charge is -2.29. The van der Waals surface area contributed by atoms with Gasteiger partial charge in [0, 0.05) is 19.6 Å². The van der Waals surface area contributed by atoms with Gasteiger partial charge in [0.15, 0.2) is 0 Å². The van der Waals surface area contributed by atoms with Crippen LogP contribution < -0.4 is 5.73 Å². The van der Waals surface area contributed by atoms with E-state index in [1.54, 1.807) is 0 Å². The van der Waals surface area contributed by atoms with E-state index in [1.807, 2.05) is 11.9 Å². The highest BCUT2D eigenvalue weighted by atomic mass is 35.5. The van der Waals surface area contributed by atoms with Gasteiger partial charge in [-0.3, -0.25) is 4.79 Å². The fourth-order valence-electron chi connectivity index (χ4n) is 3.02. The lowest BCUT2D eigenvalue weighted by atomic mass is 10.0. The number of carbonyl (C=O) groups is 1. The molecule has 4 nitrogen and oxygen atoms in total. The van der Waals surface area contributed by atoms with E-state index in [0.29, 0.717) is 6.54 Å². The van der Waals surface area contributed by atoms with Crippen LogP contribution >= 0.6 is 12.4 Å². The Balaban J connectivity index is 0.00000264. The van der Waals surface area contributed by atoms with Crippen molar-refractivity contribution >= 4 is 18.3 Å². The monoisotopic (exact) mass is 340 g/mol. The third kappa shape index (κ3) is 5.20. The van der Waals surface area contributed by atoms with Crippen molar-refractivity contribution in [2.45, 2.75) is 57.8 Å². The molecule has 1 amide bonds. The van der Waals surface area contributed by atoms with Crippen LogP contribution in [-0.2, 0) is 16.0 Å². The van der Waals surface area contributed by atoms with Gasteiger partial charge in [-0.05, 0) is 38.2 Å². The van der Waals surface area contributed by atoms with E-state index in [4.69, 9.17) is 10.5 Å². The number of nitrogens with two attached hydrogens (primary N) is 1. The molecule has 2 rings (SSSR count). The minimum absolute atomic E-state index is 0. The summed E-state index contributed by atoms with van der Waals surface area (Å²) in [4.78, 5) is 14.5. The number of rotatable bonds is 6. The van der Waals surface area contributed by atoms with Crippen LogP contribution in [0.3, 0.4) is 0 Å². The maximum atomic E-state index is 12.6. The summed E-state index contributed by atoms with van der Waals surface area (Å²) in [6.45, 7) is 4.71. The summed E-state index contributed by atoms with van der Waals surface area (Å²) >= 11 is 0. The SMILES string of the molecule is CCC(Cc1ccc(C)cc1)N(C)C(=O)[C@@H]1CC[C@H](CN)O1.Cl. The summed E-state index contributed by atoms with van der Waals surface area (Å²) in [5.41, 5.74) is 8.15. The quantitative estimate of drug-likeness (QED) is 0.866. The summed E-state index contributed by atoms with van der Waals surface area (Å²) in [6, 6.07) is 8.74. The van der Waals surface area contributed by atoms with Crippen molar-refractivity contribution in [2.24, 2.45) is 5.73 Å². The van der Waals surface area contributed by atoms with Gasteiger partial charge in [0.2, 0.25) is 0 Å². The van der Waals surface area contributed by atoms with Crippen LogP contribution in [0, 0.1) is 6.92 Å². The van der Waals surface area contributed by atoms with Crippen molar-refractivity contribution in [3.05, 3.63) is 35.4 Å². The zero-order valence-electron chi connectivity index (χ0n) is 14.3. The normalized spacial score (nSPS) is 21.6. The number of carbonyl (C=O) groups excluding carboxylic acids is 1. The average molecular weight is 341 g/mol. The molecule has 23 heavy (non-hydrogen) atoms. The van der Waals surface area contributed by atoms with Crippen LogP contribution in [0.4, 0.5) is 0 Å². The fraction of sp³-hybridized carbons (Fsp3) is 0.611. The van der Waals surface area contributed by atoms with Crippen molar-refractivity contribution in [3.8, 4) is 0 Å². The lowest BCUT2D eigenvalue weighted by Crippen LogP contribution is -2.44. The molecular formula is C18H29ClN2O2. The van der Waals surface area contributed by atoms with E-state index in [2.05, 4.69) is 38.1 Å². The zero-order valence-corrected chi connectivity index (χ0v) is 15.1. The molecule has 1 saturated heterocycles. The van der Waals surface area contributed by atoms with Crippen molar-refractivity contribution < 1.29 is 9.53 Å². The summed E-state index contributed by atoms with van der Waals surface area (Å²) in [5.74, 6) is 0.0925. The molecule has 1 aromatic carbocycles. The van der Waals surface area contributed by atoms with Crippen molar-refractivity contribution in [2.75, 3.05) is 13.6 Å².